The minimum atomic E-state index is -0.355. The number of pyridine rings is 1. The van der Waals surface area contributed by atoms with Crippen molar-refractivity contribution in [2.24, 2.45) is 7.05 Å². The highest BCUT2D eigenvalue weighted by Crippen LogP contribution is 2.40. The number of nitrogens with zero attached hydrogens (tertiary/aromatic N) is 6. The minimum absolute atomic E-state index is 0.0282. The summed E-state index contributed by atoms with van der Waals surface area (Å²) in [4.78, 5) is 57.0. The lowest BCUT2D eigenvalue weighted by Gasteiger charge is -2.45. The Morgan fingerprint density at radius 3 is 2.52 bits per heavy atom. The molecule has 0 bridgehead atoms. The molecule has 342 valence electrons. The van der Waals surface area contributed by atoms with E-state index in [0.29, 0.717) is 29.5 Å². The van der Waals surface area contributed by atoms with Gasteiger partial charge in [0.2, 0.25) is 5.95 Å². The molecule has 14 heteroatoms. The van der Waals surface area contributed by atoms with Gasteiger partial charge in [-0.05, 0) is 93.0 Å². The topological polar surface area (TPSA) is 150 Å². The Morgan fingerprint density at radius 2 is 1.79 bits per heavy atom. The van der Waals surface area contributed by atoms with Crippen LogP contribution in [-0.2, 0) is 16.6 Å². The summed E-state index contributed by atoms with van der Waals surface area (Å²) >= 11 is 0. The fourth-order valence-corrected chi connectivity index (χ4v) is 9.49. The Labute approximate surface area is 385 Å². The van der Waals surface area contributed by atoms with Crippen molar-refractivity contribution < 1.29 is 19.1 Å². The average molecular weight is 890 g/mol. The van der Waals surface area contributed by atoms with E-state index in [4.69, 9.17) is 19.4 Å². The predicted molar refractivity (Wildman–Crippen MR) is 259 cm³/mol. The molecule has 0 spiro atoms. The van der Waals surface area contributed by atoms with E-state index in [2.05, 4.69) is 86.6 Å². The van der Waals surface area contributed by atoms with Crippen molar-refractivity contribution in [1.82, 2.24) is 35.1 Å². The first kappa shape index (κ1) is 44.7. The van der Waals surface area contributed by atoms with Crippen LogP contribution < -0.4 is 30.7 Å². The number of aryl methyl sites for hydroxylation is 1. The number of carbonyl (C=O) groups is 2. The van der Waals surface area contributed by atoms with Crippen LogP contribution >= 0.6 is 0 Å². The number of benzene rings is 3. The van der Waals surface area contributed by atoms with Crippen LogP contribution in [0.3, 0.4) is 0 Å². The van der Waals surface area contributed by atoms with Gasteiger partial charge in [0.1, 0.15) is 23.7 Å². The molecule has 2 aliphatic heterocycles. The number of ether oxygens (including phenoxy) is 2. The van der Waals surface area contributed by atoms with E-state index in [0.717, 1.165) is 121 Å². The molecule has 3 fully saturated rings. The van der Waals surface area contributed by atoms with Gasteiger partial charge in [-0.25, -0.2) is 14.8 Å². The molecule has 9 rings (SSSR count). The van der Waals surface area contributed by atoms with Crippen LogP contribution in [0, 0.1) is 11.8 Å². The van der Waals surface area contributed by atoms with E-state index in [9.17, 15) is 14.4 Å². The summed E-state index contributed by atoms with van der Waals surface area (Å²) in [6.45, 7) is 6.83. The number of hydrogen-bond donors (Lipinski definition) is 3. The molecule has 1 unspecified atom stereocenters. The van der Waals surface area contributed by atoms with Gasteiger partial charge in [-0.3, -0.25) is 9.69 Å². The van der Waals surface area contributed by atoms with Gasteiger partial charge in [-0.15, -0.1) is 0 Å². The summed E-state index contributed by atoms with van der Waals surface area (Å²) < 4.78 is 14.0. The first-order valence-electron chi connectivity index (χ1n) is 23.2. The van der Waals surface area contributed by atoms with Gasteiger partial charge in [-0.1, -0.05) is 48.2 Å². The van der Waals surface area contributed by atoms with Crippen LogP contribution in [0.25, 0.3) is 32.9 Å². The number of carbonyl (C=O) groups excluding carboxylic acids is 2. The normalized spacial score (nSPS) is 17.0. The molecule has 3 aromatic carbocycles. The summed E-state index contributed by atoms with van der Waals surface area (Å²) in [5, 5.41) is 8.21. The largest absolute Gasteiger partial charge is 0.495 e. The van der Waals surface area contributed by atoms with Crippen molar-refractivity contribution in [1.29, 1.82) is 0 Å². The van der Waals surface area contributed by atoms with Crippen LogP contribution in [0.1, 0.15) is 74.8 Å². The third kappa shape index (κ3) is 9.56. The Hall–Kier alpha value is -6.53. The number of urea groups is 1. The second-order valence-electron chi connectivity index (χ2n) is 18.0. The number of amides is 2. The van der Waals surface area contributed by atoms with Gasteiger partial charge in [0.05, 0.1) is 36.7 Å². The average Bonchev–Trinajstić information content (AvgIpc) is 4.05. The monoisotopic (exact) mass is 889 g/mol. The Kier molecular flexibility index (Phi) is 13.2. The van der Waals surface area contributed by atoms with Crippen molar-refractivity contribution in [3.05, 3.63) is 112 Å². The lowest BCUT2D eigenvalue weighted by atomic mass is 9.88. The molecule has 1 atom stereocenters. The van der Waals surface area contributed by atoms with Crippen molar-refractivity contribution in [3.8, 4) is 28.7 Å². The smallest absolute Gasteiger partial charge is 0.321 e. The van der Waals surface area contributed by atoms with Gasteiger partial charge in [0, 0.05) is 99.1 Å². The molecule has 1 saturated carbocycles. The molecule has 66 heavy (non-hydrogen) atoms. The number of aromatic amines is 1. The number of hydrogen-bond acceptors (Lipinski definition) is 10. The molecule has 3 aromatic heterocycles. The van der Waals surface area contributed by atoms with Crippen molar-refractivity contribution in [2.75, 3.05) is 63.2 Å². The molecular weight excluding hydrogens is 831 g/mol. The number of nitrogens with one attached hydrogen (secondary N) is 3. The van der Waals surface area contributed by atoms with Crippen LogP contribution in [0.4, 0.5) is 16.4 Å². The van der Waals surface area contributed by atoms with Crippen LogP contribution in [0.5, 0.6) is 5.75 Å². The summed E-state index contributed by atoms with van der Waals surface area (Å²) in [5.41, 5.74) is 6.60. The number of fused-ring (bicyclic) bond motifs is 2. The van der Waals surface area contributed by atoms with Crippen LogP contribution in [0.2, 0.25) is 0 Å². The molecule has 2 saturated heterocycles. The van der Waals surface area contributed by atoms with Gasteiger partial charge < -0.3 is 44.3 Å². The molecule has 14 nitrogen and oxygen atoms in total. The number of aldehydes is 1. The lowest BCUT2D eigenvalue weighted by Crippen LogP contribution is -2.55. The SMILES string of the molecule is CNC(=O)N(CCC=O)c1cc(C#CCNC2(C)CCN(C3CCN(c4nc(C(OC5CC5)c5ccccc5)c5cc(-c6cn(C)c(=O)c7[nH]ccc67)ccc5n4)CC3)CC2)ccc1OC. The number of piperidine rings is 2. The number of methoxy groups -OCH3 is 1. The molecule has 5 heterocycles. The highest BCUT2D eigenvalue weighted by molar-refractivity contribution is 5.97. The lowest BCUT2D eigenvalue weighted by molar-refractivity contribution is -0.107. The van der Waals surface area contributed by atoms with Crippen LogP contribution in [-0.4, -0.2) is 108 Å². The number of H-pyrrole nitrogens is 1. The van der Waals surface area contributed by atoms with Gasteiger partial charge in [0.15, 0.2) is 0 Å². The summed E-state index contributed by atoms with van der Waals surface area (Å²) in [5.74, 6) is 7.82. The van der Waals surface area contributed by atoms with Gasteiger partial charge in [0.25, 0.3) is 5.56 Å². The number of rotatable bonds is 14. The van der Waals surface area contributed by atoms with Crippen molar-refractivity contribution in [2.45, 2.75) is 75.7 Å². The number of aromatic nitrogens is 4. The maximum atomic E-state index is 12.9. The number of anilines is 2. The highest BCUT2D eigenvalue weighted by Gasteiger charge is 2.35. The standard InChI is InChI=1S/C52H59N9O5/c1-52(55-24-8-10-35-13-18-45(65-4)44(32-35)61(26-9-31-62)51(64)53-2)22-29-59(30-23-52)38-20-27-60(28-21-38)50-56-43-17-14-37(42-34-58(3)49(63)47-40(42)19-25-54-47)33-41(43)46(57-50)48(66-39-15-16-39)36-11-6-5-7-12-36/h5-7,11-14,17-19,25,31-34,38-39,48,54-55H,9,15-16,20-24,26-30H2,1-4H3,(H,53,64). The molecule has 3 N–H and O–H groups in total. The maximum Gasteiger partial charge on any atom is 0.321 e. The quantitative estimate of drug-likeness (QED) is 0.0775. The molecule has 2 amide bonds. The fraction of sp³-hybridized carbons (Fsp3) is 0.404. The molecule has 0 radical (unpaired) electrons. The van der Waals surface area contributed by atoms with E-state index >= 15 is 0 Å². The molecule has 1 aliphatic carbocycles. The van der Waals surface area contributed by atoms with E-state index in [1.165, 1.54) is 4.90 Å². The predicted octanol–water partition coefficient (Wildman–Crippen LogP) is 6.95. The zero-order chi connectivity index (χ0) is 45.8. The Bertz CT molecular complexity index is 2830. The summed E-state index contributed by atoms with van der Waals surface area (Å²) in [6.07, 6.45) is 10.8. The third-order valence-corrected chi connectivity index (χ3v) is 13.5. The molecule has 3 aliphatic rings. The van der Waals surface area contributed by atoms with E-state index < -0.39 is 0 Å². The van der Waals surface area contributed by atoms with E-state index in [1.54, 1.807) is 31.8 Å². The molecular formula is C52H59N9O5. The maximum absolute atomic E-state index is 12.9. The Balaban J connectivity index is 0.876. The third-order valence-electron chi connectivity index (χ3n) is 13.5. The van der Waals surface area contributed by atoms with Gasteiger partial charge >= 0.3 is 6.03 Å². The summed E-state index contributed by atoms with van der Waals surface area (Å²) in [7, 11) is 4.91. The fourth-order valence-electron chi connectivity index (χ4n) is 9.49. The highest BCUT2D eigenvalue weighted by atomic mass is 16.5. The van der Waals surface area contributed by atoms with Crippen molar-refractivity contribution >= 4 is 45.8 Å². The zero-order valence-corrected chi connectivity index (χ0v) is 38.3. The first-order chi connectivity index (χ1) is 32.1. The Morgan fingerprint density at radius 1 is 1.00 bits per heavy atom. The summed E-state index contributed by atoms with van der Waals surface area (Å²) in [6, 6.07) is 24.4. The van der Waals surface area contributed by atoms with E-state index in [1.807, 2.05) is 36.7 Å². The van der Waals surface area contributed by atoms with Crippen LogP contribution in [0.15, 0.2) is 90.0 Å². The van der Waals surface area contributed by atoms with Gasteiger partial charge in [-0.2, -0.15) is 0 Å². The number of likely N-dealkylation sites (tertiary alicyclic amines) is 1. The van der Waals surface area contributed by atoms with Crippen molar-refractivity contribution in [3.63, 3.8) is 0 Å². The van der Waals surface area contributed by atoms with E-state index in [-0.39, 0.29) is 42.3 Å². The molecule has 6 aromatic rings. The minimum Gasteiger partial charge on any atom is -0.495 e. The first-order valence-corrected chi connectivity index (χ1v) is 23.2. The second kappa shape index (κ2) is 19.5. The second-order valence-corrected chi connectivity index (χ2v) is 18.0. The zero-order valence-electron chi connectivity index (χ0n) is 38.3.